The highest BCUT2D eigenvalue weighted by atomic mass is 35.5. The van der Waals surface area contributed by atoms with Crippen LogP contribution in [0.2, 0.25) is 5.15 Å². The lowest BCUT2D eigenvalue weighted by Gasteiger charge is -2.19. The molecule has 4 nitrogen and oxygen atoms in total. The summed E-state index contributed by atoms with van der Waals surface area (Å²) >= 11 is 5.61. The number of nitrogens with zero attached hydrogens (tertiary/aromatic N) is 1. The molecule has 0 fully saturated rings. The highest BCUT2D eigenvalue weighted by molar-refractivity contribution is 6.29. The number of hydrogen-bond acceptors (Lipinski definition) is 4. The van der Waals surface area contributed by atoms with Gasteiger partial charge in [-0.3, -0.25) is 0 Å². The molecular weight excluding hydrogens is 216 g/mol. The lowest BCUT2D eigenvalue weighted by molar-refractivity contribution is 0.00705. The summed E-state index contributed by atoms with van der Waals surface area (Å²) in [7, 11) is 0. The summed E-state index contributed by atoms with van der Waals surface area (Å²) in [5.41, 5.74) is 5.22. The van der Waals surface area contributed by atoms with E-state index in [1.165, 1.54) is 12.1 Å². The second kappa shape index (κ2) is 4.06. The fraction of sp³-hybridized carbons (Fsp3) is 0.400. The van der Waals surface area contributed by atoms with Gasteiger partial charge in [-0.1, -0.05) is 11.6 Å². The van der Waals surface area contributed by atoms with E-state index in [-0.39, 0.29) is 16.5 Å². The first-order valence-electron chi connectivity index (χ1n) is 4.45. The van der Waals surface area contributed by atoms with Gasteiger partial charge in [-0.2, -0.15) is 0 Å². The van der Waals surface area contributed by atoms with Crippen LogP contribution in [0.5, 0.6) is 0 Å². The number of rotatable bonds is 1. The first kappa shape index (κ1) is 11.8. The molecule has 0 aromatic carbocycles. The zero-order chi connectivity index (χ0) is 11.6. The number of aromatic nitrogens is 1. The Morgan fingerprint density at radius 2 is 2.07 bits per heavy atom. The second-order valence-electron chi connectivity index (χ2n) is 4.07. The van der Waals surface area contributed by atoms with E-state index in [2.05, 4.69) is 4.98 Å². The van der Waals surface area contributed by atoms with Crippen molar-refractivity contribution in [2.24, 2.45) is 0 Å². The van der Waals surface area contributed by atoms with Crippen molar-refractivity contribution in [3.63, 3.8) is 0 Å². The van der Waals surface area contributed by atoms with Crippen LogP contribution in [0.25, 0.3) is 0 Å². The lowest BCUT2D eigenvalue weighted by Crippen LogP contribution is -2.24. The Labute approximate surface area is 93.4 Å². The topological polar surface area (TPSA) is 65.2 Å². The molecular formula is C10H13ClN2O2. The maximum Gasteiger partial charge on any atom is 0.342 e. The number of nitrogens with two attached hydrogens (primary N) is 1. The van der Waals surface area contributed by atoms with Crippen molar-refractivity contribution in [1.82, 2.24) is 4.98 Å². The van der Waals surface area contributed by atoms with Crippen LogP contribution in [0.3, 0.4) is 0 Å². The molecule has 15 heavy (non-hydrogen) atoms. The van der Waals surface area contributed by atoms with Gasteiger partial charge in [0, 0.05) is 0 Å². The number of esters is 1. The second-order valence-corrected chi connectivity index (χ2v) is 4.46. The molecule has 0 bridgehead atoms. The fourth-order valence-corrected chi connectivity index (χ4v) is 1.11. The predicted molar refractivity (Wildman–Crippen MR) is 58.8 cm³/mol. The summed E-state index contributed by atoms with van der Waals surface area (Å²) in [5.74, 6) is -0.416. The number of pyridine rings is 1. The molecule has 0 unspecified atom stereocenters. The predicted octanol–water partition coefficient (Wildman–Crippen LogP) is 2.27. The van der Waals surface area contributed by atoms with Crippen LogP contribution < -0.4 is 5.73 Å². The minimum Gasteiger partial charge on any atom is -0.456 e. The van der Waals surface area contributed by atoms with E-state index >= 15 is 0 Å². The molecule has 0 atom stereocenters. The Morgan fingerprint density at radius 1 is 1.47 bits per heavy atom. The van der Waals surface area contributed by atoms with Crippen LogP contribution in [-0.2, 0) is 4.74 Å². The van der Waals surface area contributed by atoms with Gasteiger partial charge in [0.25, 0.3) is 0 Å². The van der Waals surface area contributed by atoms with Crippen molar-refractivity contribution in [2.45, 2.75) is 26.4 Å². The van der Waals surface area contributed by atoms with E-state index in [0.717, 1.165) is 0 Å². The number of halogens is 1. The van der Waals surface area contributed by atoms with Crippen molar-refractivity contribution >= 4 is 23.4 Å². The summed E-state index contributed by atoms with van der Waals surface area (Å²) < 4.78 is 5.14. The highest BCUT2D eigenvalue weighted by Crippen LogP contribution is 2.17. The minimum absolute atomic E-state index is 0.0803. The van der Waals surface area contributed by atoms with E-state index in [1.807, 2.05) is 0 Å². The molecule has 5 heteroatoms. The molecule has 1 aromatic heterocycles. The standard InChI is InChI=1S/C10H13ClN2O2/c1-10(2,3)15-9(14)6-4-5-7(11)13-8(6)12/h4-5H,1-3H3,(H2,12,13). The SMILES string of the molecule is CC(C)(C)OC(=O)c1ccc(Cl)nc1N. The molecule has 0 radical (unpaired) electrons. The van der Waals surface area contributed by atoms with Gasteiger partial charge < -0.3 is 10.5 Å². The molecule has 2 N–H and O–H groups in total. The van der Waals surface area contributed by atoms with Crippen molar-refractivity contribution in [3.05, 3.63) is 22.8 Å². The number of carbonyl (C=O) groups excluding carboxylic acids is 1. The summed E-state index contributed by atoms with van der Waals surface area (Å²) in [4.78, 5) is 15.4. The minimum atomic E-state index is -0.552. The smallest absolute Gasteiger partial charge is 0.342 e. The third-order valence-corrected chi connectivity index (χ3v) is 1.72. The molecule has 82 valence electrons. The normalized spacial score (nSPS) is 11.2. The Kier molecular flexibility index (Phi) is 3.19. The number of nitrogen functional groups attached to an aromatic ring is 1. The van der Waals surface area contributed by atoms with Gasteiger partial charge in [-0.15, -0.1) is 0 Å². The maximum absolute atomic E-state index is 11.6. The molecule has 1 heterocycles. The third-order valence-electron chi connectivity index (χ3n) is 1.51. The largest absolute Gasteiger partial charge is 0.456 e. The Hall–Kier alpha value is -1.29. The summed E-state index contributed by atoms with van der Waals surface area (Å²) in [6.45, 7) is 5.35. The first-order chi connectivity index (χ1) is 6.79. The van der Waals surface area contributed by atoms with E-state index in [1.54, 1.807) is 20.8 Å². The molecule has 1 rings (SSSR count). The lowest BCUT2D eigenvalue weighted by atomic mass is 10.2. The molecule has 1 aromatic rings. The van der Waals surface area contributed by atoms with Gasteiger partial charge in [0.1, 0.15) is 22.1 Å². The molecule has 0 aliphatic heterocycles. The van der Waals surface area contributed by atoms with E-state index in [4.69, 9.17) is 22.1 Å². The molecule has 0 saturated heterocycles. The molecule has 0 saturated carbocycles. The zero-order valence-corrected chi connectivity index (χ0v) is 9.63. The first-order valence-corrected chi connectivity index (χ1v) is 4.83. The van der Waals surface area contributed by atoms with Crippen LogP contribution in [0.1, 0.15) is 31.1 Å². The fourth-order valence-electron chi connectivity index (χ4n) is 0.956. The Bertz CT molecular complexity index is 385. The Morgan fingerprint density at radius 3 is 2.53 bits per heavy atom. The van der Waals surface area contributed by atoms with Crippen molar-refractivity contribution in [1.29, 1.82) is 0 Å². The van der Waals surface area contributed by atoms with Crippen LogP contribution in [0.4, 0.5) is 5.82 Å². The average molecular weight is 229 g/mol. The van der Waals surface area contributed by atoms with Crippen LogP contribution in [-0.4, -0.2) is 16.6 Å². The van der Waals surface area contributed by atoms with E-state index in [9.17, 15) is 4.79 Å². The molecule has 0 amide bonds. The quantitative estimate of drug-likeness (QED) is 0.592. The van der Waals surface area contributed by atoms with Crippen molar-refractivity contribution in [3.8, 4) is 0 Å². The Balaban J connectivity index is 2.92. The molecule has 0 spiro atoms. The van der Waals surface area contributed by atoms with Crippen LogP contribution >= 0.6 is 11.6 Å². The van der Waals surface area contributed by atoms with Gasteiger partial charge in [0.05, 0.1) is 0 Å². The maximum atomic E-state index is 11.6. The number of hydrogen-bond donors (Lipinski definition) is 1. The summed E-state index contributed by atoms with van der Waals surface area (Å²) in [6, 6.07) is 3.00. The number of ether oxygens (including phenoxy) is 1. The number of anilines is 1. The van der Waals surface area contributed by atoms with Crippen LogP contribution in [0, 0.1) is 0 Å². The van der Waals surface area contributed by atoms with E-state index < -0.39 is 11.6 Å². The van der Waals surface area contributed by atoms with Gasteiger partial charge in [-0.05, 0) is 32.9 Å². The van der Waals surface area contributed by atoms with E-state index in [0.29, 0.717) is 0 Å². The summed E-state index contributed by atoms with van der Waals surface area (Å²) in [6.07, 6.45) is 0. The van der Waals surface area contributed by atoms with Gasteiger partial charge >= 0.3 is 5.97 Å². The van der Waals surface area contributed by atoms with Gasteiger partial charge in [-0.25, -0.2) is 9.78 Å². The third kappa shape index (κ3) is 3.40. The monoisotopic (exact) mass is 228 g/mol. The van der Waals surface area contributed by atoms with Crippen LogP contribution in [0.15, 0.2) is 12.1 Å². The zero-order valence-electron chi connectivity index (χ0n) is 8.87. The van der Waals surface area contributed by atoms with Crippen molar-refractivity contribution < 1.29 is 9.53 Å². The number of carbonyl (C=O) groups is 1. The van der Waals surface area contributed by atoms with Gasteiger partial charge in [0.2, 0.25) is 0 Å². The summed E-state index contributed by atoms with van der Waals surface area (Å²) in [5, 5.41) is 0.250. The average Bonchev–Trinajstić information content (AvgIpc) is 1.99. The molecule has 0 aliphatic carbocycles. The molecule has 0 aliphatic rings. The van der Waals surface area contributed by atoms with Crippen molar-refractivity contribution in [2.75, 3.05) is 5.73 Å². The van der Waals surface area contributed by atoms with Gasteiger partial charge in [0.15, 0.2) is 0 Å². The highest BCUT2D eigenvalue weighted by Gasteiger charge is 2.20.